The molecule has 0 radical (unpaired) electrons. The summed E-state index contributed by atoms with van der Waals surface area (Å²) >= 11 is 0. The minimum absolute atomic E-state index is 0.0332. The van der Waals surface area contributed by atoms with E-state index in [4.69, 9.17) is 5.84 Å². The van der Waals surface area contributed by atoms with Crippen molar-refractivity contribution in [3.05, 3.63) is 29.3 Å². The highest BCUT2D eigenvalue weighted by atomic mass is 19.4. The van der Waals surface area contributed by atoms with Crippen molar-refractivity contribution >= 4 is 11.6 Å². The van der Waals surface area contributed by atoms with E-state index >= 15 is 0 Å². The predicted molar refractivity (Wildman–Crippen MR) is 73.5 cm³/mol. The van der Waals surface area contributed by atoms with Crippen molar-refractivity contribution in [1.29, 1.82) is 0 Å². The lowest BCUT2D eigenvalue weighted by atomic mass is 9.98. The number of halogens is 3. The van der Waals surface area contributed by atoms with Crippen molar-refractivity contribution in [2.45, 2.75) is 31.7 Å². The first-order valence-corrected chi connectivity index (χ1v) is 6.45. The molecule has 0 bridgehead atoms. The van der Waals surface area contributed by atoms with E-state index in [2.05, 4.69) is 10.7 Å². The third-order valence-electron chi connectivity index (χ3n) is 3.03. The summed E-state index contributed by atoms with van der Waals surface area (Å²) in [5, 5.41) is 22.3. The van der Waals surface area contributed by atoms with Crippen LogP contribution in [0.3, 0.4) is 0 Å². The first kappa shape index (κ1) is 18.2. The second-order valence-electron chi connectivity index (χ2n) is 4.73. The van der Waals surface area contributed by atoms with Gasteiger partial charge in [-0.25, -0.2) is 0 Å². The minimum Gasteiger partial charge on any atom is -0.390 e. The lowest BCUT2D eigenvalue weighted by molar-refractivity contribution is -0.137. The number of hydrazine groups is 1. The molecule has 1 amide bonds. The van der Waals surface area contributed by atoms with E-state index in [1.807, 2.05) is 0 Å². The van der Waals surface area contributed by atoms with Crippen LogP contribution in [-0.4, -0.2) is 28.8 Å². The molecule has 1 aromatic rings. The molecule has 0 heterocycles. The number of carbonyl (C=O) groups excluding carboxylic acids is 1. The number of hydrogen-bond acceptors (Lipinski definition) is 5. The van der Waals surface area contributed by atoms with Crippen LogP contribution >= 0.6 is 0 Å². The van der Waals surface area contributed by atoms with Crippen molar-refractivity contribution in [2.24, 2.45) is 5.84 Å². The summed E-state index contributed by atoms with van der Waals surface area (Å²) in [7, 11) is 0. The quantitative estimate of drug-likeness (QED) is 0.395. The molecule has 0 aromatic heterocycles. The van der Waals surface area contributed by atoms with E-state index in [9.17, 15) is 28.2 Å². The first-order chi connectivity index (χ1) is 10.2. The van der Waals surface area contributed by atoms with Crippen molar-refractivity contribution in [1.82, 2.24) is 5.32 Å². The fourth-order valence-electron chi connectivity index (χ4n) is 1.88. The van der Waals surface area contributed by atoms with Gasteiger partial charge >= 0.3 is 6.18 Å². The van der Waals surface area contributed by atoms with Gasteiger partial charge in [-0.05, 0) is 18.6 Å². The Morgan fingerprint density at radius 3 is 2.50 bits per heavy atom. The van der Waals surface area contributed by atoms with Gasteiger partial charge in [-0.3, -0.25) is 10.6 Å². The molecule has 9 heteroatoms. The van der Waals surface area contributed by atoms with Gasteiger partial charge in [0, 0.05) is 19.0 Å². The van der Waals surface area contributed by atoms with Crippen molar-refractivity contribution in [2.75, 3.05) is 12.0 Å². The number of rotatable bonds is 6. The average Bonchev–Trinajstić information content (AvgIpc) is 2.44. The molecule has 2 unspecified atom stereocenters. The Bertz CT molecular complexity index is 523. The largest absolute Gasteiger partial charge is 0.416 e. The molecule has 124 valence electrons. The van der Waals surface area contributed by atoms with Crippen molar-refractivity contribution < 1.29 is 28.2 Å². The Labute approximate surface area is 125 Å². The molecule has 6 nitrogen and oxygen atoms in total. The molecule has 0 aliphatic carbocycles. The summed E-state index contributed by atoms with van der Waals surface area (Å²) in [6.07, 6.45) is -7.22. The van der Waals surface area contributed by atoms with E-state index in [-0.39, 0.29) is 30.1 Å². The van der Waals surface area contributed by atoms with Crippen LogP contribution in [0.25, 0.3) is 0 Å². The predicted octanol–water partition coefficient (Wildman–Crippen LogP) is 0.911. The number of aliphatic hydroxyl groups excluding tert-OH is 2. The van der Waals surface area contributed by atoms with Crippen LogP contribution in [0.4, 0.5) is 18.9 Å². The SMILES string of the molecule is CC(=O)NCCC(O)C(O)c1ccc(C(F)(F)F)cc1NN. The Balaban J connectivity index is 2.88. The Hall–Kier alpha value is -1.84. The molecule has 6 N–H and O–H groups in total. The second-order valence-corrected chi connectivity index (χ2v) is 4.73. The van der Waals surface area contributed by atoms with E-state index in [1.54, 1.807) is 0 Å². The van der Waals surface area contributed by atoms with E-state index in [0.717, 1.165) is 18.2 Å². The lowest BCUT2D eigenvalue weighted by Crippen LogP contribution is -2.28. The van der Waals surface area contributed by atoms with Gasteiger partial charge in [0.1, 0.15) is 6.10 Å². The fourth-order valence-corrected chi connectivity index (χ4v) is 1.88. The third kappa shape index (κ3) is 4.86. The third-order valence-corrected chi connectivity index (χ3v) is 3.03. The topological polar surface area (TPSA) is 108 Å². The van der Waals surface area contributed by atoms with E-state index in [0.29, 0.717) is 0 Å². The fraction of sp³-hybridized carbons (Fsp3) is 0.462. The van der Waals surface area contributed by atoms with Gasteiger partial charge in [0.05, 0.1) is 17.4 Å². The van der Waals surface area contributed by atoms with Crippen LogP contribution in [0.1, 0.15) is 30.6 Å². The average molecular weight is 321 g/mol. The van der Waals surface area contributed by atoms with Gasteiger partial charge in [0.15, 0.2) is 0 Å². The molecule has 22 heavy (non-hydrogen) atoms. The normalized spacial score (nSPS) is 14.3. The van der Waals surface area contributed by atoms with Gasteiger partial charge in [-0.1, -0.05) is 6.07 Å². The van der Waals surface area contributed by atoms with Gasteiger partial charge in [0.25, 0.3) is 0 Å². The molecule has 0 spiro atoms. The summed E-state index contributed by atoms with van der Waals surface area (Å²) < 4.78 is 37.9. The first-order valence-electron chi connectivity index (χ1n) is 6.45. The molecule has 0 fully saturated rings. The number of amides is 1. The number of carbonyl (C=O) groups is 1. The van der Waals surface area contributed by atoms with Crippen LogP contribution in [0, 0.1) is 0 Å². The van der Waals surface area contributed by atoms with Gasteiger partial charge in [-0.15, -0.1) is 0 Å². The Morgan fingerprint density at radius 2 is 2.00 bits per heavy atom. The van der Waals surface area contributed by atoms with Gasteiger partial charge < -0.3 is 21.0 Å². The monoisotopic (exact) mass is 321 g/mol. The maximum Gasteiger partial charge on any atom is 0.416 e. The number of nitrogens with one attached hydrogen (secondary N) is 2. The van der Waals surface area contributed by atoms with Crippen LogP contribution in [-0.2, 0) is 11.0 Å². The van der Waals surface area contributed by atoms with Crippen LogP contribution in [0.15, 0.2) is 18.2 Å². The molecule has 1 rings (SSSR count). The van der Waals surface area contributed by atoms with Crippen LogP contribution < -0.4 is 16.6 Å². The molecule has 0 saturated carbocycles. The number of hydrogen-bond donors (Lipinski definition) is 5. The standard InChI is InChI=1S/C13H18F3N3O3/c1-7(20)18-5-4-11(21)12(22)9-3-2-8(13(14,15)16)6-10(9)19-17/h2-3,6,11-12,19,21-22H,4-5,17H2,1H3,(H,18,20). The zero-order chi connectivity index (χ0) is 16.9. The number of nitrogen functional groups attached to an aromatic ring is 1. The smallest absolute Gasteiger partial charge is 0.390 e. The Kier molecular flexibility index (Phi) is 6.15. The van der Waals surface area contributed by atoms with Crippen molar-refractivity contribution in [3.8, 4) is 0 Å². The van der Waals surface area contributed by atoms with Crippen LogP contribution in [0.2, 0.25) is 0 Å². The summed E-state index contributed by atoms with van der Waals surface area (Å²) in [6, 6.07) is 2.59. The maximum absolute atomic E-state index is 12.6. The second kappa shape index (κ2) is 7.43. The highest BCUT2D eigenvalue weighted by Crippen LogP contribution is 2.34. The van der Waals surface area contributed by atoms with Crippen LogP contribution in [0.5, 0.6) is 0 Å². The molecular formula is C13H18F3N3O3. The number of alkyl halides is 3. The molecular weight excluding hydrogens is 303 g/mol. The zero-order valence-electron chi connectivity index (χ0n) is 11.8. The van der Waals surface area contributed by atoms with Gasteiger partial charge in [0.2, 0.25) is 5.91 Å². The molecule has 0 aliphatic rings. The summed E-state index contributed by atoms with van der Waals surface area (Å²) in [5.74, 6) is 4.88. The molecule has 0 saturated heterocycles. The van der Waals surface area contributed by atoms with Gasteiger partial charge in [-0.2, -0.15) is 13.2 Å². The summed E-state index contributed by atoms with van der Waals surface area (Å²) in [5.41, 5.74) is 1.05. The van der Waals surface area contributed by atoms with E-state index in [1.165, 1.54) is 6.92 Å². The van der Waals surface area contributed by atoms with E-state index < -0.39 is 23.9 Å². The van der Waals surface area contributed by atoms with Crippen molar-refractivity contribution in [3.63, 3.8) is 0 Å². The highest BCUT2D eigenvalue weighted by molar-refractivity contribution is 5.72. The maximum atomic E-state index is 12.6. The lowest BCUT2D eigenvalue weighted by Gasteiger charge is -2.21. The number of aliphatic hydroxyl groups is 2. The number of benzene rings is 1. The molecule has 0 aliphatic heterocycles. The highest BCUT2D eigenvalue weighted by Gasteiger charge is 2.32. The molecule has 1 aromatic carbocycles. The minimum atomic E-state index is -4.54. The summed E-state index contributed by atoms with van der Waals surface area (Å²) in [4.78, 5) is 10.7. The number of anilines is 1. The zero-order valence-corrected chi connectivity index (χ0v) is 11.8. The Morgan fingerprint density at radius 1 is 1.36 bits per heavy atom. The number of nitrogens with two attached hydrogens (primary N) is 1. The molecule has 2 atom stereocenters. The summed E-state index contributed by atoms with van der Waals surface area (Å²) in [6.45, 7) is 1.43.